The van der Waals surface area contributed by atoms with Crippen LogP contribution in [0.3, 0.4) is 0 Å². The molecule has 4 N–H and O–H groups in total. The maximum atomic E-state index is 12.3. The molecule has 1 unspecified atom stereocenters. The van der Waals surface area contributed by atoms with Crippen LogP contribution in [0.5, 0.6) is 0 Å². The van der Waals surface area contributed by atoms with Gasteiger partial charge in [0.1, 0.15) is 5.54 Å². The maximum Gasteiger partial charge on any atom is 0.325 e. The van der Waals surface area contributed by atoms with Crippen molar-refractivity contribution < 1.29 is 9.59 Å². The minimum absolute atomic E-state index is 0.104. The molecule has 1 atom stereocenters. The molecule has 6 nitrogen and oxygen atoms in total. The summed E-state index contributed by atoms with van der Waals surface area (Å²) in [5.74, 6) is -0.104. The first-order valence-electron chi connectivity index (χ1n) is 6.19. The van der Waals surface area contributed by atoms with E-state index in [9.17, 15) is 9.59 Å². The number of carbonyl (C=O) groups excluding carboxylic acids is 2. The molecule has 0 aromatic rings. The summed E-state index contributed by atoms with van der Waals surface area (Å²) in [5, 5.41) is 6.03. The maximum absolute atomic E-state index is 12.3. The van der Waals surface area contributed by atoms with Crippen molar-refractivity contribution in [1.29, 1.82) is 0 Å². The fraction of sp³-hybridized carbons (Fsp3) is 0.818. The van der Waals surface area contributed by atoms with Crippen LogP contribution in [-0.2, 0) is 4.79 Å². The van der Waals surface area contributed by atoms with E-state index in [0.29, 0.717) is 19.4 Å². The van der Waals surface area contributed by atoms with Crippen LogP contribution in [0.25, 0.3) is 0 Å². The average Bonchev–Trinajstić information content (AvgIpc) is 2.55. The summed E-state index contributed by atoms with van der Waals surface area (Å²) in [6.45, 7) is 3.79. The molecule has 2 heterocycles. The van der Waals surface area contributed by atoms with E-state index in [1.165, 1.54) is 4.90 Å². The third kappa shape index (κ3) is 2.14. The Bertz CT molecular complexity index is 325. The first-order valence-corrected chi connectivity index (χ1v) is 6.19. The molecule has 0 aliphatic carbocycles. The van der Waals surface area contributed by atoms with Gasteiger partial charge < -0.3 is 16.4 Å². The van der Waals surface area contributed by atoms with Gasteiger partial charge in [0.2, 0.25) is 0 Å². The smallest absolute Gasteiger partial charge is 0.325 e. The van der Waals surface area contributed by atoms with Crippen molar-refractivity contribution in [3.05, 3.63) is 0 Å². The number of urea groups is 1. The average molecular weight is 240 g/mol. The summed E-state index contributed by atoms with van der Waals surface area (Å²) in [6.07, 6.45) is 2.08. The van der Waals surface area contributed by atoms with Gasteiger partial charge in [0, 0.05) is 12.6 Å². The fourth-order valence-electron chi connectivity index (χ4n) is 2.40. The van der Waals surface area contributed by atoms with Gasteiger partial charge in [-0.15, -0.1) is 0 Å². The number of imide groups is 1. The van der Waals surface area contributed by atoms with Crippen LogP contribution >= 0.6 is 0 Å². The molecule has 2 fully saturated rings. The molecule has 2 saturated heterocycles. The number of hydrogen-bond acceptors (Lipinski definition) is 4. The number of rotatable bonds is 3. The summed E-state index contributed by atoms with van der Waals surface area (Å²) in [6, 6.07) is -0.428. The Hall–Kier alpha value is -1.14. The summed E-state index contributed by atoms with van der Waals surface area (Å²) in [7, 11) is 0. The van der Waals surface area contributed by atoms with Crippen molar-refractivity contribution in [3.63, 3.8) is 0 Å². The van der Waals surface area contributed by atoms with Gasteiger partial charge in [0.25, 0.3) is 5.91 Å². The molecular formula is C11H20N4O2. The zero-order valence-electron chi connectivity index (χ0n) is 10.2. The second-order valence-electron chi connectivity index (χ2n) is 4.85. The second-order valence-corrected chi connectivity index (χ2v) is 4.85. The molecule has 2 rings (SSSR count). The van der Waals surface area contributed by atoms with E-state index in [-0.39, 0.29) is 18.0 Å². The minimum atomic E-state index is -0.671. The number of hydrogen-bond donors (Lipinski definition) is 3. The van der Waals surface area contributed by atoms with Crippen molar-refractivity contribution in [3.8, 4) is 0 Å². The minimum Gasteiger partial charge on any atom is -0.326 e. The molecule has 0 radical (unpaired) electrons. The highest BCUT2D eigenvalue weighted by Gasteiger charge is 2.51. The second kappa shape index (κ2) is 4.62. The largest absolute Gasteiger partial charge is 0.326 e. The van der Waals surface area contributed by atoms with Gasteiger partial charge in [-0.3, -0.25) is 9.69 Å². The number of nitrogens with two attached hydrogens (primary N) is 1. The van der Waals surface area contributed by atoms with E-state index in [0.717, 1.165) is 19.5 Å². The Kier molecular flexibility index (Phi) is 3.35. The monoisotopic (exact) mass is 240 g/mol. The molecule has 0 saturated carbocycles. The highest BCUT2D eigenvalue weighted by molar-refractivity contribution is 6.07. The van der Waals surface area contributed by atoms with Gasteiger partial charge in [-0.2, -0.15) is 0 Å². The quantitative estimate of drug-likeness (QED) is 0.575. The van der Waals surface area contributed by atoms with Crippen molar-refractivity contribution >= 4 is 11.9 Å². The van der Waals surface area contributed by atoms with Crippen LogP contribution in [0, 0.1) is 0 Å². The van der Waals surface area contributed by atoms with Gasteiger partial charge >= 0.3 is 6.03 Å². The van der Waals surface area contributed by atoms with Crippen molar-refractivity contribution in [2.75, 3.05) is 19.6 Å². The number of nitrogens with zero attached hydrogens (tertiary/aromatic N) is 1. The van der Waals surface area contributed by atoms with Gasteiger partial charge in [0.05, 0.1) is 0 Å². The summed E-state index contributed by atoms with van der Waals surface area (Å²) < 4.78 is 0. The standard InChI is InChI=1S/C11H20N4O2/c1-2-8(12)7-15-9(16)11(14-10(15)17)3-5-13-6-4-11/h8,13H,2-7,12H2,1H3,(H,14,17). The molecule has 0 aromatic heterocycles. The van der Waals surface area contributed by atoms with E-state index in [1.54, 1.807) is 0 Å². The molecule has 2 aliphatic heterocycles. The lowest BCUT2D eigenvalue weighted by Crippen LogP contribution is -2.54. The van der Waals surface area contributed by atoms with E-state index in [4.69, 9.17) is 5.73 Å². The Morgan fingerprint density at radius 3 is 2.65 bits per heavy atom. The normalized spacial score (nSPS) is 25.2. The highest BCUT2D eigenvalue weighted by Crippen LogP contribution is 2.26. The zero-order chi connectivity index (χ0) is 12.5. The lowest BCUT2D eigenvalue weighted by atomic mass is 9.88. The predicted molar refractivity (Wildman–Crippen MR) is 63.3 cm³/mol. The van der Waals surface area contributed by atoms with Crippen LogP contribution in [0.4, 0.5) is 4.79 Å². The van der Waals surface area contributed by atoms with Gasteiger partial charge in [-0.1, -0.05) is 6.92 Å². The van der Waals surface area contributed by atoms with Crippen LogP contribution in [0.15, 0.2) is 0 Å². The Morgan fingerprint density at radius 2 is 2.06 bits per heavy atom. The highest BCUT2D eigenvalue weighted by atomic mass is 16.2. The lowest BCUT2D eigenvalue weighted by Gasteiger charge is -2.31. The molecule has 6 heteroatoms. The van der Waals surface area contributed by atoms with Crippen LogP contribution in [0.1, 0.15) is 26.2 Å². The molecule has 96 valence electrons. The van der Waals surface area contributed by atoms with E-state index >= 15 is 0 Å². The van der Waals surface area contributed by atoms with Crippen molar-refractivity contribution in [1.82, 2.24) is 15.5 Å². The molecule has 17 heavy (non-hydrogen) atoms. The van der Waals surface area contributed by atoms with Gasteiger partial charge in [0.15, 0.2) is 0 Å². The van der Waals surface area contributed by atoms with Crippen molar-refractivity contribution in [2.24, 2.45) is 5.73 Å². The van der Waals surface area contributed by atoms with Crippen LogP contribution in [-0.4, -0.2) is 48.1 Å². The Labute approximate surface area is 101 Å². The molecule has 0 bridgehead atoms. The van der Waals surface area contributed by atoms with Crippen LogP contribution < -0.4 is 16.4 Å². The number of carbonyl (C=O) groups is 2. The molecular weight excluding hydrogens is 220 g/mol. The van der Waals surface area contributed by atoms with Crippen LogP contribution in [0.2, 0.25) is 0 Å². The Morgan fingerprint density at radius 1 is 1.41 bits per heavy atom. The van der Waals surface area contributed by atoms with Gasteiger partial charge in [-0.25, -0.2) is 4.79 Å². The Balaban J connectivity index is 2.10. The predicted octanol–water partition coefficient (Wildman–Crippen LogP) is -0.602. The van der Waals surface area contributed by atoms with Crippen molar-refractivity contribution in [2.45, 2.75) is 37.8 Å². The first kappa shape index (κ1) is 12.3. The zero-order valence-corrected chi connectivity index (χ0v) is 10.2. The molecule has 3 amide bonds. The summed E-state index contributed by atoms with van der Waals surface area (Å²) >= 11 is 0. The topological polar surface area (TPSA) is 87.5 Å². The fourth-order valence-corrected chi connectivity index (χ4v) is 2.40. The number of piperidine rings is 1. The third-order valence-corrected chi connectivity index (χ3v) is 3.64. The molecule has 1 spiro atoms. The molecule has 0 aromatic carbocycles. The van der Waals surface area contributed by atoms with Gasteiger partial charge in [-0.05, 0) is 32.4 Å². The third-order valence-electron chi connectivity index (χ3n) is 3.64. The number of nitrogens with one attached hydrogen (secondary N) is 2. The SMILES string of the molecule is CCC(N)CN1C(=O)NC2(CCNCC2)C1=O. The van der Waals surface area contributed by atoms with E-state index in [2.05, 4.69) is 10.6 Å². The molecule has 2 aliphatic rings. The number of amides is 3. The van der Waals surface area contributed by atoms with E-state index < -0.39 is 5.54 Å². The lowest BCUT2D eigenvalue weighted by molar-refractivity contribution is -0.132. The first-order chi connectivity index (χ1) is 8.09. The summed E-state index contributed by atoms with van der Waals surface area (Å²) in [5.41, 5.74) is 5.14. The summed E-state index contributed by atoms with van der Waals surface area (Å²) in [4.78, 5) is 25.4. The van der Waals surface area contributed by atoms with E-state index in [1.807, 2.05) is 6.92 Å².